The predicted octanol–water partition coefficient (Wildman–Crippen LogP) is 5.54. The van der Waals surface area contributed by atoms with Crippen LogP contribution in [0.15, 0.2) is 72.9 Å². The second kappa shape index (κ2) is 26.5. The van der Waals surface area contributed by atoms with Crippen LogP contribution in [0.1, 0.15) is 117 Å². The molecule has 1 aliphatic heterocycles. The lowest BCUT2D eigenvalue weighted by atomic mass is 9.82. The number of Topliss-reactive ketones (excluding diaryl/α,β-unsaturated/α-hetero) is 3. The fraction of sp³-hybridized carbons (Fsp3) is 0.491. The van der Waals surface area contributed by atoms with Crippen LogP contribution < -0.4 is 16.0 Å². The number of rotatable bonds is 28. The SMILES string of the molecule is CC(=O)CCCC[C@H](NC(=O)[C@@H](CC(C)=O)C(C)C)C(=O)N[C@@H](CCN(C(=O)CO)[C@@H](c1cc(-c2cc(F)ccc2F)cn1Cc1ccccc1)C(C)(C)C)C(=O)NCCCC(=O)CN1C(=O)C=CC1=O. The highest BCUT2D eigenvalue weighted by molar-refractivity contribution is 6.14. The topological polar surface area (TPSA) is 221 Å². The quantitative estimate of drug-likeness (QED) is 0.0526. The Bertz CT molecular complexity index is 2430. The van der Waals surface area contributed by atoms with Crippen molar-refractivity contribution in [1.82, 2.24) is 30.3 Å². The van der Waals surface area contributed by atoms with Gasteiger partial charge in [0, 0.05) is 80.0 Å². The molecule has 3 aromatic rings. The number of ketones is 3. The van der Waals surface area contributed by atoms with E-state index in [1.807, 2.05) is 55.7 Å². The number of hydrogen-bond donors (Lipinski definition) is 4. The van der Waals surface area contributed by atoms with E-state index in [1.165, 1.54) is 18.7 Å². The molecule has 6 amide bonds. The van der Waals surface area contributed by atoms with Gasteiger partial charge in [0.15, 0.2) is 5.78 Å². The molecule has 1 aromatic heterocycles. The first-order valence-corrected chi connectivity index (χ1v) is 24.0. The summed E-state index contributed by atoms with van der Waals surface area (Å²) in [6, 6.07) is 10.5. The van der Waals surface area contributed by atoms with Crippen LogP contribution in [0.5, 0.6) is 0 Å². The van der Waals surface area contributed by atoms with Gasteiger partial charge in [0.05, 0.1) is 12.6 Å². The predicted molar refractivity (Wildman–Crippen MR) is 261 cm³/mol. The number of unbranched alkanes of at least 4 members (excludes halogenated alkanes) is 1. The van der Waals surface area contributed by atoms with Gasteiger partial charge in [-0.05, 0) is 80.7 Å². The molecule has 384 valence electrons. The highest BCUT2D eigenvalue weighted by atomic mass is 19.1. The average Bonchev–Trinajstić information content (AvgIpc) is 3.85. The van der Waals surface area contributed by atoms with E-state index >= 15 is 4.39 Å². The molecule has 0 radical (unpaired) electrons. The number of aliphatic hydroxyl groups is 1. The fourth-order valence-electron chi connectivity index (χ4n) is 8.58. The second-order valence-electron chi connectivity index (χ2n) is 19.5. The number of carbonyl (C=O) groups excluding carboxylic acids is 9. The molecule has 0 spiro atoms. The van der Waals surface area contributed by atoms with Gasteiger partial charge in [-0.15, -0.1) is 0 Å². The zero-order valence-corrected chi connectivity index (χ0v) is 41.7. The molecule has 4 rings (SSSR count). The minimum Gasteiger partial charge on any atom is -0.387 e. The molecule has 71 heavy (non-hydrogen) atoms. The van der Waals surface area contributed by atoms with E-state index in [0.717, 1.165) is 40.8 Å². The molecule has 16 nitrogen and oxygen atoms in total. The van der Waals surface area contributed by atoms with Crippen LogP contribution in [0.3, 0.4) is 0 Å². The minimum absolute atomic E-state index is 0.0223. The summed E-state index contributed by atoms with van der Waals surface area (Å²) in [5.74, 6) is -7.13. The molecule has 4 N–H and O–H groups in total. The molecule has 2 aromatic carbocycles. The number of halogens is 2. The standard InChI is InChI=1S/C53H68F2N6O10/c1-33(2)40(26-35(4)64)50(69)57-43(18-12-11-14-34(3)63)52(71)58-44(51(70)56-24-13-17-39(65)31-61-46(66)21-22-47(61)67)23-25-60(48(68)32-62)49(53(5,6)7)45-27-37(41-28-38(54)19-20-42(41)55)30-59(45)29-36-15-9-8-10-16-36/h8-10,15-16,19-22,27-28,30,33,40,43-44,49,62H,11-14,17-18,23-26,29,31-32H2,1-7H3,(H,56,70)(H,57,69)(H,58,71)/t40-,43-,44-,49-/m0/s1. The molecule has 1 aliphatic rings. The first-order valence-electron chi connectivity index (χ1n) is 24.0. The number of hydrogen-bond acceptors (Lipinski definition) is 10. The molecule has 0 saturated heterocycles. The van der Waals surface area contributed by atoms with Gasteiger partial charge >= 0.3 is 0 Å². The molecular weight excluding hydrogens is 919 g/mol. The third kappa shape index (κ3) is 17.0. The van der Waals surface area contributed by atoms with Crippen molar-refractivity contribution >= 4 is 52.8 Å². The Balaban J connectivity index is 1.72. The van der Waals surface area contributed by atoms with Gasteiger partial charge in [0.1, 0.15) is 41.9 Å². The van der Waals surface area contributed by atoms with Crippen LogP contribution in [0, 0.1) is 28.9 Å². The van der Waals surface area contributed by atoms with Crippen molar-refractivity contribution < 1.29 is 57.0 Å². The van der Waals surface area contributed by atoms with Crippen molar-refractivity contribution in [2.45, 2.75) is 125 Å². The van der Waals surface area contributed by atoms with Gasteiger partial charge in [0.25, 0.3) is 11.8 Å². The van der Waals surface area contributed by atoms with E-state index in [0.29, 0.717) is 24.1 Å². The van der Waals surface area contributed by atoms with Crippen LogP contribution in [-0.2, 0) is 49.7 Å². The van der Waals surface area contributed by atoms with E-state index in [2.05, 4.69) is 16.0 Å². The van der Waals surface area contributed by atoms with Gasteiger partial charge in [-0.3, -0.25) is 38.5 Å². The summed E-state index contributed by atoms with van der Waals surface area (Å²) in [5, 5.41) is 18.8. The Hall–Kier alpha value is -6.69. The van der Waals surface area contributed by atoms with E-state index in [4.69, 9.17) is 0 Å². The van der Waals surface area contributed by atoms with Gasteiger partial charge < -0.3 is 40.1 Å². The van der Waals surface area contributed by atoms with Gasteiger partial charge in [-0.1, -0.05) is 71.4 Å². The Morgan fingerprint density at radius 2 is 1.42 bits per heavy atom. The van der Waals surface area contributed by atoms with Crippen molar-refractivity contribution in [3.63, 3.8) is 0 Å². The van der Waals surface area contributed by atoms with Crippen molar-refractivity contribution in [2.24, 2.45) is 17.3 Å². The molecule has 2 heterocycles. The summed E-state index contributed by atoms with van der Waals surface area (Å²) >= 11 is 0. The van der Waals surface area contributed by atoms with Gasteiger partial charge in [-0.2, -0.15) is 0 Å². The third-order valence-corrected chi connectivity index (χ3v) is 12.2. The smallest absolute Gasteiger partial charge is 0.254 e. The number of imide groups is 1. The lowest BCUT2D eigenvalue weighted by molar-refractivity contribution is -0.141. The fourth-order valence-corrected chi connectivity index (χ4v) is 8.58. The van der Waals surface area contributed by atoms with Crippen LogP contribution in [0.25, 0.3) is 11.1 Å². The Morgan fingerprint density at radius 3 is 2.03 bits per heavy atom. The highest BCUT2D eigenvalue weighted by Gasteiger charge is 2.39. The number of benzene rings is 2. The average molecular weight is 987 g/mol. The summed E-state index contributed by atoms with van der Waals surface area (Å²) < 4.78 is 31.8. The van der Waals surface area contributed by atoms with Crippen LogP contribution >= 0.6 is 0 Å². The molecular formula is C53H68F2N6O10. The summed E-state index contributed by atoms with van der Waals surface area (Å²) in [4.78, 5) is 119. The first kappa shape index (κ1) is 56.9. The molecule has 0 bridgehead atoms. The monoisotopic (exact) mass is 986 g/mol. The van der Waals surface area contributed by atoms with E-state index in [1.54, 1.807) is 26.1 Å². The normalized spacial score (nSPS) is 14.2. The molecule has 0 fully saturated rings. The van der Waals surface area contributed by atoms with Crippen LogP contribution in [0.4, 0.5) is 8.78 Å². The zero-order valence-electron chi connectivity index (χ0n) is 41.7. The Kier molecular flexibility index (Phi) is 21.2. The summed E-state index contributed by atoms with van der Waals surface area (Å²) in [7, 11) is 0. The van der Waals surface area contributed by atoms with Crippen molar-refractivity contribution in [2.75, 3.05) is 26.2 Å². The number of amides is 6. The minimum atomic E-state index is -1.40. The van der Waals surface area contributed by atoms with Gasteiger partial charge in [-0.25, -0.2) is 8.78 Å². The number of aliphatic hydroxyl groups excluding tert-OH is 1. The number of aromatic nitrogens is 1. The maximum Gasteiger partial charge on any atom is 0.254 e. The van der Waals surface area contributed by atoms with Crippen molar-refractivity contribution in [1.29, 1.82) is 0 Å². The Labute approximate surface area is 414 Å². The third-order valence-electron chi connectivity index (χ3n) is 12.2. The molecule has 4 atom stereocenters. The summed E-state index contributed by atoms with van der Waals surface area (Å²) in [5.41, 5.74) is 0.805. The van der Waals surface area contributed by atoms with E-state index < -0.39 is 95.5 Å². The summed E-state index contributed by atoms with van der Waals surface area (Å²) in [6.45, 7) is 10.4. The van der Waals surface area contributed by atoms with E-state index in [9.17, 15) is 52.6 Å². The van der Waals surface area contributed by atoms with Crippen LogP contribution in [-0.4, -0.2) is 111 Å². The Morgan fingerprint density at radius 1 is 0.775 bits per heavy atom. The second-order valence-corrected chi connectivity index (χ2v) is 19.5. The maximum absolute atomic E-state index is 15.4. The highest BCUT2D eigenvalue weighted by Crippen LogP contribution is 2.41. The number of carbonyl (C=O) groups is 9. The number of nitrogens with one attached hydrogen (secondary N) is 3. The molecule has 0 aliphatic carbocycles. The van der Waals surface area contributed by atoms with Crippen molar-refractivity contribution in [3.8, 4) is 11.1 Å². The molecule has 18 heteroatoms. The van der Waals surface area contributed by atoms with Crippen LogP contribution in [0.2, 0.25) is 0 Å². The number of nitrogens with zero attached hydrogens (tertiary/aromatic N) is 3. The van der Waals surface area contributed by atoms with Gasteiger partial charge in [0.2, 0.25) is 23.6 Å². The molecule has 0 unspecified atom stereocenters. The first-order chi connectivity index (χ1) is 33.5. The van der Waals surface area contributed by atoms with E-state index in [-0.39, 0.29) is 81.2 Å². The summed E-state index contributed by atoms with van der Waals surface area (Å²) in [6.07, 6.45) is 4.46. The maximum atomic E-state index is 15.4. The van der Waals surface area contributed by atoms with Crippen molar-refractivity contribution in [3.05, 3.63) is 95.8 Å². The zero-order chi connectivity index (χ0) is 52.6. The largest absolute Gasteiger partial charge is 0.387 e. The molecule has 0 saturated carbocycles. The lowest BCUT2D eigenvalue weighted by Crippen LogP contribution is -2.56. The lowest BCUT2D eigenvalue weighted by Gasteiger charge is -2.41.